The second-order valence-electron chi connectivity index (χ2n) is 6.19. The van der Waals surface area contributed by atoms with E-state index in [9.17, 15) is 4.39 Å². The summed E-state index contributed by atoms with van der Waals surface area (Å²) < 4.78 is 19.2. The topological polar surface area (TPSA) is 48.5 Å². The Morgan fingerprint density at radius 3 is 2.70 bits per heavy atom. The summed E-state index contributed by atoms with van der Waals surface area (Å²) in [6.07, 6.45) is 7.78. The summed E-state index contributed by atoms with van der Waals surface area (Å²) in [5.74, 6) is 0.829. The second kappa shape index (κ2) is 8.21. The Morgan fingerprint density at radius 2 is 1.93 bits per heavy atom. The van der Waals surface area contributed by atoms with Crippen molar-refractivity contribution in [1.82, 2.24) is 24.1 Å². The molecule has 4 rings (SSSR count). The van der Waals surface area contributed by atoms with Gasteiger partial charge in [-0.25, -0.2) is 9.97 Å². The van der Waals surface area contributed by atoms with E-state index in [1.807, 2.05) is 37.1 Å². The second-order valence-corrected chi connectivity index (χ2v) is 8.54. The molecule has 0 aliphatic heterocycles. The maximum absolute atomic E-state index is 12.9. The third kappa shape index (κ3) is 4.00. The molecule has 0 N–H and O–H groups in total. The Balaban J connectivity index is 1.77. The van der Waals surface area contributed by atoms with Crippen LogP contribution in [0.3, 0.4) is 0 Å². The minimum Gasteiger partial charge on any atom is -0.324 e. The molecule has 0 bridgehead atoms. The summed E-state index contributed by atoms with van der Waals surface area (Å²) in [7, 11) is 0. The van der Waals surface area contributed by atoms with Gasteiger partial charge in [-0.05, 0) is 81.4 Å². The van der Waals surface area contributed by atoms with E-state index in [0.717, 1.165) is 35.3 Å². The Hall–Kier alpha value is -1.56. The number of pyridine rings is 1. The Kier molecular flexibility index (Phi) is 5.71. The molecule has 0 fully saturated rings. The minimum atomic E-state index is -0.347. The minimum absolute atomic E-state index is 0.347. The van der Waals surface area contributed by atoms with E-state index in [1.54, 1.807) is 0 Å². The Morgan fingerprint density at radius 1 is 1.04 bits per heavy atom. The summed E-state index contributed by atoms with van der Waals surface area (Å²) in [4.78, 5) is 13.4. The maximum atomic E-state index is 12.9. The number of fused-ring (bicyclic) bond motifs is 1. The average molecular weight is 587 g/mol. The zero-order chi connectivity index (χ0) is 18.8. The van der Waals surface area contributed by atoms with Gasteiger partial charge in [-0.15, -0.1) is 0 Å². The fraction of sp³-hybridized carbons (Fsp3) is 0.211. The number of halogens is 3. The lowest BCUT2D eigenvalue weighted by Gasteiger charge is -2.10. The van der Waals surface area contributed by atoms with Crippen LogP contribution < -0.4 is 0 Å². The van der Waals surface area contributed by atoms with Crippen LogP contribution in [0.25, 0.3) is 22.4 Å². The van der Waals surface area contributed by atoms with Crippen LogP contribution in [-0.4, -0.2) is 30.8 Å². The number of aryl methyl sites for hydroxylation is 1. The molecule has 0 spiro atoms. The molecular formula is C19H16FI2N5. The van der Waals surface area contributed by atoms with Crippen molar-refractivity contribution in [3.05, 3.63) is 62.0 Å². The SMILES string of the molecule is FCCCn1c(-c2cncc(Cn3cncc3I)c2)nc2ccc(I)cc21. The fourth-order valence-electron chi connectivity index (χ4n) is 3.07. The highest BCUT2D eigenvalue weighted by Crippen LogP contribution is 2.27. The number of nitrogens with zero attached hydrogens (tertiary/aromatic N) is 5. The molecule has 0 aliphatic carbocycles. The summed E-state index contributed by atoms with van der Waals surface area (Å²) in [6.45, 7) is 0.939. The summed E-state index contributed by atoms with van der Waals surface area (Å²) in [5.41, 5.74) is 3.95. The van der Waals surface area contributed by atoms with Gasteiger partial charge in [0.05, 0.1) is 40.5 Å². The van der Waals surface area contributed by atoms with Gasteiger partial charge in [-0.2, -0.15) is 0 Å². The largest absolute Gasteiger partial charge is 0.324 e. The Bertz CT molecular complexity index is 1090. The van der Waals surface area contributed by atoms with E-state index in [0.29, 0.717) is 19.5 Å². The van der Waals surface area contributed by atoms with Gasteiger partial charge in [0.1, 0.15) is 5.82 Å². The molecule has 0 radical (unpaired) electrons. The van der Waals surface area contributed by atoms with Crippen molar-refractivity contribution in [3.63, 3.8) is 0 Å². The van der Waals surface area contributed by atoms with Crippen molar-refractivity contribution in [3.8, 4) is 11.4 Å². The highest BCUT2D eigenvalue weighted by atomic mass is 127. The molecule has 0 saturated heterocycles. The quantitative estimate of drug-likeness (QED) is 0.302. The van der Waals surface area contributed by atoms with Gasteiger partial charge < -0.3 is 9.13 Å². The summed E-state index contributed by atoms with van der Waals surface area (Å²) in [6, 6.07) is 8.24. The molecule has 1 aromatic carbocycles. The summed E-state index contributed by atoms with van der Waals surface area (Å²) >= 11 is 4.55. The van der Waals surface area contributed by atoms with Gasteiger partial charge in [0.25, 0.3) is 0 Å². The van der Waals surface area contributed by atoms with Gasteiger partial charge in [-0.3, -0.25) is 9.37 Å². The zero-order valence-electron chi connectivity index (χ0n) is 14.3. The van der Waals surface area contributed by atoms with E-state index >= 15 is 0 Å². The number of benzene rings is 1. The van der Waals surface area contributed by atoms with Gasteiger partial charge in [0.15, 0.2) is 0 Å². The molecule has 0 amide bonds. The van der Waals surface area contributed by atoms with Crippen LogP contribution >= 0.6 is 45.2 Å². The number of hydrogen-bond acceptors (Lipinski definition) is 3. The molecule has 0 unspecified atom stereocenters. The van der Waals surface area contributed by atoms with E-state index in [4.69, 9.17) is 4.98 Å². The standard InChI is InChI=1S/C19H16FI2N5/c20-4-1-5-27-17-7-15(21)2-3-16(17)25-19(27)14-6-13(8-23-9-14)11-26-12-24-10-18(26)22/h2-3,6-10,12H,1,4-5,11H2. The van der Waals surface area contributed by atoms with Crippen LogP contribution in [-0.2, 0) is 13.1 Å². The molecular weight excluding hydrogens is 571 g/mol. The third-order valence-corrected chi connectivity index (χ3v) is 5.86. The number of imidazole rings is 2. The highest BCUT2D eigenvalue weighted by Gasteiger charge is 2.14. The number of aromatic nitrogens is 5. The van der Waals surface area contributed by atoms with Gasteiger partial charge in [0.2, 0.25) is 0 Å². The lowest BCUT2D eigenvalue weighted by molar-refractivity contribution is 0.450. The first-order chi connectivity index (χ1) is 13.2. The molecule has 138 valence electrons. The van der Waals surface area contributed by atoms with Crippen molar-refractivity contribution in [2.24, 2.45) is 0 Å². The highest BCUT2D eigenvalue weighted by molar-refractivity contribution is 14.1. The third-order valence-electron chi connectivity index (χ3n) is 4.29. The molecule has 3 heterocycles. The normalized spacial score (nSPS) is 11.4. The van der Waals surface area contributed by atoms with Crippen LogP contribution in [0.5, 0.6) is 0 Å². The monoisotopic (exact) mass is 587 g/mol. The molecule has 0 saturated carbocycles. The van der Waals surface area contributed by atoms with E-state index in [2.05, 4.69) is 76.4 Å². The lowest BCUT2D eigenvalue weighted by atomic mass is 10.2. The average Bonchev–Trinajstić information content (AvgIpc) is 3.23. The molecule has 4 aromatic rings. The van der Waals surface area contributed by atoms with Gasteiger partial charge in [-0.1, -0.05) is 0 Å². The summed E-state index contributed by atoms with van der Waals surface area (Å²) in [5, 5.41) is 0. The van der Waals surface area contributed by atoms with E-state index < -0.39 is 0 Å². The molecule has 8 heteroatoms. The van der Waals surface area contributed by atoms with Crippen molar-refractivity contribution in [1.29, 1.82) is 0 Å². The van der Waals surface area contributed by atoms with Crippen molar-refractivity contribution >= 4 is 56.2 Å². The van der Waals surface area contributed by atoms with Crippen LogP contribution in [0.1, 0.15) is 12.0 Å². The first kappa shape index (κ1) is 18.8. The van der Waals surface area contributed by atoms with Crippen LogP contribution in [0.15, 0.2) is 49.2 Å². The predicted molar refractivity (Wildman–Crippen MR) is 120 cm³/mol. The van der Waals surface area contributed by atoms with Gasteiger partial charge in [0, 0.05) is 28.1 Å². The number of rotatable bonds is 6. The molecule has 5 nitrogen and oxygen atoms in total. The number of alkyl halides is 1. The molecule has 0 atom stereocenters. The van der Waals surface area contributed by atoms with E-state index in [-0.39, 0.29) is 6.67 Å². The smallest absolute Gasteiger partial charge is 0.142 e. The fourth-order valence-corrected chi connectivity index (χ4v) is 4.01. The molecule has 0 aliphatic rings. The molecule has 27 heavy (non-hydrogen) atoms. The van der Waals surface area contributed by atoms with Crippen molar-refractivity contribution in [2.45, 2.75) is 19.5 Å². The van der Waals surface area contributed by atoms with Gasteiger partial charge >= 0.3 is 0 Å². The van der Waals surface area contributed by atoms with Crippen LogP contribution in [0.4, 0.5) is 4.39 Å². The zero-order valence-corrected chi connectivity index (χ0v) is 18.6. The maximum Gasteiger partial charge on any atom is 0.142 e. The predicted octanol–water partition coefficient (Wildman–Crippen LogP) is 4.91. The Labute approximate surface area is 183 Å². The van der Waals surface area contributed by atoms with Crippen LogP contribution in [0.2, 0.25) is 0 Å². The number of hydrogen-bond donors (Lipinski definition) is 0. The lowest BCUT2D eigenvalue weighted by Crippen LogP contribution is -2.04. The first-order valence-corrected chi connectivity index (χ1v) is 10.6. The van der Waals surface area contributed by atoms with Crippen LogP contribution in [0, 0.1) is 7.27 Å². The molecule has 3 aromatic heterocycles. The van der Waals surface area contributed by atoms with E-state index in [1.165, 1.54) is 0 Å². The van der Waals surface area contributed by atoms with Crippen molar-refractivity contribution in [2.75, 3.05) is 6.67 Å². The van der Waals surface area contributed by atoms with Crippen molar-refractivity contribution < 1.29 is 4.39 Å². The first-order valence-electron chi connectivity index (χ1n) is 8.47.